The molecule has 0 aromatic heterocycles. The Kier molecular flexibility index (Phi) is 6.23. The number of nitrogens with zero attached hydrogens (tertiary/aromatic N) is 1. The Morgan fingerprint density at radius 1 is 1.30 bits per heavy atom. The predicted molar refractivity (Wildman–Crippen MR) is 77.5 cm³/mol. The summed E-state index contributed by atoms with van der Waals surface area (Å²) in [5, 5.41) is 0.180. The molecule has 0 atom stereocenters. The second kappa shape index (κ2) is 7.93. The van der Waals surface area contributed by atoms with Crippen LogP contribution in [-0.2, 0) is 16.0 Å². The summed E-state index contributed by atoms with van der Waals surface area (Å²) in [6.45, 7) is 4.01. The summed E-state index contributed by atoms with van der Waals surface area (Å²) in [7, 11) is 1.68. The zero-order chi connectivity index (χ0) is 14.4. The van der Waals surface area contributed by atoms with Gasteiger partial charge in [0, 0.05) is 26.7 Å². The van der Waals surface area contributed by atoms with E-state index in [-0.39, 0.29) is 10.8 Å². The second-order valence-corrected chi connectivity index (χ2v) is 5.49. The summed E-state index contributed by atoms with van der Waals surface area (Å²) < 4.78 is 24.1. The zero-order valence-electron chi connectivity index (χ0n) is 11.8. The molecule has 1 aliphatic heterocycles. The van der Waals surface area contributed by atoms with Crippen LogP contribution < -0.4 is 0 Å². The van der Waals surface area contributed by atoms with Gasteiger partial charge in [-0.2, -0.15) is 0 Å². The Bertz CT molecular complexity index is 422. The van der Waals surface area contributed by atoms with Gasteiger partial charge in [0.1, 0.15) is 5.82 Å². The van der Waals surface area contributed by atoms with Crippen LogP contribution in [0.3, 0.4) is 0 Å². The Morgan fingerprint density at radius 2 is 2.05 bits per heavy atom. The Hall–Kier alpha value is -0.680. The molecule has 3 nitrogen and oxygen atoms in total. The summed E-state index contributed by atoms with van der Waals surface area (Å²) in [6.07, 6.45) is 2.35. The molecule has 0 unspecified atom stereocenters. The highest BCUT2D eigenvalue weighted by atomic mass is 35.5. The molecule has 1 aliphatic rings. The molecule has 2 rings (SSSR count). The van der Waals surface area contributed by atoms with Gasteiger partial charge in [-0.3, -0.25) is 4.90 Å². The van der Waals surface area contributed by atoms with Crippen LogP contribution >= 0.6 is 11.6 Å². The first-order valence-corrected chi connectivity index (χ1v) is 7.33. The van der Waals surface area contributed by atoms with Gasteiger partial charge in [0.25, 0.3) is 0 Å². The van der Waals surface area contributed by atoms with E-state index in [1.807, 2.05) is 6.07 Å². The number of ether oxygens (including phenoxy) is 2. The highest BCUT2D eigenvalue weighted by Crippen LogP contribution is 2.19. The van der Waals surface area contributed by atoms with Gasteiger partial charge in [-0.05, 0) is 30.5 Å². The molecule has 1 fully saturated rings. The summed E-state index contributed by atoms with van der Waals surface area (Å²) in [5.74, 6) is -0.345. The molecule has 20 heavy (non-hydrogen) atoms. The van der Waals surface area contributed by atoms with E-state index in [1.165, 1.54) is 6.07 Å². The average molecular weight is 302 g/mol. The molecule has 0 saturated carbocycles. The van der Waals surface area contributed by atoms with E-state index in [9.17, 15) is 4.39 Å². The Balaban J connectivity index is 1.75. The van der Waals surface area contributed by atoms with Gasteiger partial charge in [-0.25, -0.2) is 4.39 Å². The number of piperidine rings is 1. The van der Waals surface area contributed by atoms with E-state index in [0.29, 0.717) is 19.3 Å². The minimum Gasteiger partial charge on any atom is -0.382 e. The van der Waals surface area contributed by atoms with Gasteiger partial charge < -0.3 is 9.47 Å². The van der Waals surface area contributed by atoms with Crippen molar-refractivity contribution < 1.29 is 13.9 Å². The molecular weight excluding hydrogens is 281 g/mol. The lowest BCUT2D eigenvalue weighted by Gasteiger charge is -2.31. The van der Waals surface area contributed by atoms with Gasteiger partial charge in [0.05, 0.1) is 24.3 Å². The van der Waals surface area contributed by atoms with Crippen LogP contribution in [0.1, 0.15) is 18.4 Å². The van der Waals surface area contributed by atoms with E-state index >= 15 is 0 Å². The number of hydrogen-bond acceptors (Lipinski definition) is 3. The molecule has 0 spiro atoms. The van der Waals surface area contributed by atoms with Crippen LogP contribution in [0, 0.1) is 5.82 Å². The van der Waals surface area contributed by atoms with E-state index in [2.05, 4.69) is 4.90 Å². The molecule has 1 aromatic rings. The number of methoxy groups -OCH3 is 1. The zero-order valence-corrected chi connectivity index (χ0v) is 12.5. The van der Waals surface area contributed by atoms with Crippen LogP contribution in [-0.4, -0.2) is 44.4 Å². The van der Waals surface area contributed by atoms with Crippen molar-refractivity contribution in [2.45, 2.75) is 25.5 Å². The minimum atomic E-state index is -0.345. The maximum atomic E-state index is 13.4. The lowest BCUT2D eigenvalue weighted by molar-refractivity contribution is -0.0158. The van der Waals surface area contributed by atoms with Crippen LogP contribution in [0.15, 0.2) is 18.2 Å². The van der Waals surface area contributed by atoms with Crippen molar-refractivity contribution in [3.8, 4) is 0 Å². The summed E-state index contributed by atoms with van der Waals surface area (Å²) in [5.41, 5.74) is 0.964. The number of likely N-dealkylation sites (tertiary alicyclic amines) is 1. The van der Waals surface area contributed by atoms with Crippen molar-refractivity contribution in [1.82, 2.24) is 4.90 Å². The second-order valence-electron chi connectivity index (χ2n) is 5.09. The molecule has 1 saturated heterocycles. The average Bonchev–Trinajstić information content (AvgIpc) is 2.45. The van der Waals surface area contributed by atoms with E-state index < -0.39 is 0 Å². The van der Waals surface area contributed by atoms with E-state index in [1.54, 1.807) is 13.2 Å². The van der Waals surface area contributed by atoms with Crippen LogP contribution in [0.4, 0.5) is 4.39 Å². The summed E-state index contributed by atoms with van der Waals surface area (Å²) >= 11 is 5.69. The quantitative estimate of drug-likeness (QED) is 0.754. The molecule has 0 aliphatic carbocycles. The maximum Gasteiger partial charge on any atom is 0.142 e. The van der Waals surface area contributed by atoms with Crippen molar-refractivity contribution in [2.75, 3.05) is 33.4 Å². The van der Waals surface area contributed by atoms with Crippen molar-refractivity contribution in [3.05, 3.63) is 34.6 Å². The van der Waals surface area contributed by atoms with Gasteiger partial charge in [0.2, 0.25) is 0 Å². The van der Waals surface area contributed by atoms with Crippen molar-refractivity contribution in [1.29, 1.82) is 0 Å². The third-order valence-corrected chi connectivity index (χ3v) is 3.87. The molecule has 0 bridgehead atoms. The lowest BCUT2D eigenvalue weighted by Crippen LogP contribution is -2.36. The predicted octanol–water partition coefficient (Wildman–Crippen LogP) is 3.11. The van der Waals surface area contributed by atoms with E-state index in [0.717, 1.165) is 38.0 Å². The monoisotopic (exact) mass is 301 g/mol. The van der Waals surface area contributed by atoms with Crippen LogP contribution in [0.5, 0.6) is 0 Å². The molecule has 1 heterocycles. The molecule has 5 heteroatoms. The molecular formula is C15H21ClFNO2. The number of rotatable bonds is 6. The van der Waals surface area contributed by atoms with Crippen molar-refractivity contribution in [2.24, 2.45) is 0 Å². The van der Waals surface area contributed by atoms with Crippen molar-refractivity contribution >= 4 is 11.6 Å². The molecule has 112 valence electrons. The standard InChI is InChI=1S/C15H21ClFNO2/c1-19-8-9-20-13-4-6-18(7-5-13)11-12-2-3-14(16)15(17)10-12/h2-3,10,13H,4-9,11H2,1H3. The summed E-state index contributed by atoms with van der Waals surface area (Å²) in [4.78, 5) is 2.32. The lowest BCUT2D eigenvalue weighted by atomic mass is 10.1. The number of hydrogen-bond donors (Lipinski definition) is 0. The highest BCUT2D eigenvalue weighted by Gasteiger charge is 2.19. The number of halogens is 2. The number of benzene rings is 1. The third-order valence-electron chi connectivity index (χ3n) is 3.57. The molecule has 0 amide bonds. The van der Waals surface area contributed by atoms with Gasteiger partial charge in [0.15, 0.2) is 0 Å². The molecule has 0 radical (unpaired) electrons. The van der Waals surface area contributed by atoms with Crippen LogP contribution in [0.25, 0.3) is 0 Å². The largest absolute Gasteiger partial charge is 0.382 e. The first kappa shape index (κ1) is 15.7. The molecule has 0 N–H and O–H groups in total. The van der Waals surface area contributed by atoms with Gasteiger partial charge in [-0.15, -0.1) is 0 Å². The van der Waals surface area contributed by atoms with E-state index in [4.69, 9.17) is 21.1 Å². The fourth-order valence-electron chi connectivity index (χ4n) is 2.43. The summed E-state index contributed by atoms with van der Waals surface area (Å²) in [6, 6.07) is 5.02. The topological polar surface area (TPSA) is 21.7 Å². The third kappa shape index (κ3) is 4.70. The van der Waals surface area contributed by atoms with Crippen LogP contribution in [0.2, 0.25) is 5.02 Å². The fraction of sp³-hybridized carbons (Fsp3) is 0.600. The fourth-order valence-corrected chi connectivity index (χ4v) is 2.55. The maximum absolute atomic E-state index is 13.4. The molecule has 1 aromatic carbocycles. The van der Waals surface area contributed by atoms with Gasteiger partial charge in [-0.1, -0.05) is 17.7 Å². The minimum absolute atomic E-state index is 0.180. The van der Waals surface area contributed by atoms with Crippen molar-refractivity contribution in [3.63, 3.8) is 0 Å². The Morgan fingerprint density at radius 3 is 2.70 bits per heavy atom. The normalized spacial score (nSPS) is 17.6. The first-order chi connectivity index (χ1) is 9.69. The Labute approximate surface area is 124 Å². The smallest absolute Gasteiger partial charge is 0.142 e. The SMILES string of the molecule is COCCOC1CCN(Cc2ccc(Cl)c(F)c2)CC1. The van der Waals surface area contributed by atoms with Gasteiger partial charge >= 0.3 is 0 Å². The highest BCUT2D eigenvalue weighted by molar-refractivity contribution is 6.30. The first-order valence-electron chi connectivity index (χ1n) is 6.96.